The predicted octanol–water partition coefficient (Wildman–Crippen LogP) is -0.282. The third-order valence-electron chi connectivity index (χ3n) is 4.38. The minimum Gasteiger partial charge on any atom is -0.550 e. The van der Waals surface area contributed by atoms with Crippen molar-refractivity contribution in [2.75, 3.05) is 27.7 Å². The summed E-state index contributed by atoms with van der Waals surface area (Å²) in [4.78, 5) is 30.8. The Hall–Kier alpha value is -0.410. The molecule has 1 atom stereocenters. The van der Waals surface area contributed by atoms with E-state index in [1.807, 2.05) is 48.8 Å². The molecule has 8 nitrogen and oxygen atoms in total. The molecule has 9 heteroatoms. The summed E-state index contributed by atoms with van der Waals surface area (Å²) in [7, 11) is 5.66. The molecule has 0 bridgehead atoms. The van der Waals surface area contributed by atoms with Crippen LogP contribution in [0.25, 0.3) is 0 Å². The number of aliphatic hydroxyl groups excluding tert-OH is 1. The Bertz CT molecular complexity index is 443. The van der Waals surface area contributed by atoms with Crippen molar-refractivity contribution in [1.82, 2.24) is 0 Å². The van der Waals surface area contributed by atoms with Crippen LogP contribution in [0.1, 0.15) is 85.5 Å². The minimum absolute atomic E-state index is 0. The van der Waals surface area contributed by atoms with Gasteiger partial charge in [0.05, 0.1) is 21.1 Å². The number of carbonyl (C=O) groups is 3. The van der Waals surface area contributed by atoms with Gasteiger partial charge in [0.25, 0.3) is 0 Å². The number of carbonyl (C=O) groups excluding carboxylic acids is 3. The van der Waals surface area contributed by atoms with E-state index in [4.69, 9.17) is 5.11 Å². The quantitative estimate of drug-likeness (QED) is 0.262. The molecule has 0 spiro atoms. The summed E-state index contributed by atoms with van der Waals surface area (Å²) in [5.41, 5.74) is 0. The summed E-state index contributed by atoms with van der Waals surface area (Å²) in [6.07, 6.45) is 5.67. The average molecular weight is 488 g/mol. The minimum atomic E-state index is -1.20. The second-order valence-electron chi connectivity index (χ2n) is 8.89. The molecule has 0 aromatic heterocycles. The van der Waals surface area contributed by atoms with Gasteiger partial charge in [0, 0.05) is 24.3 Å². The smallest absolute Gasteiger partial charge is 0.550 e. The van der Waals surface area contributed by atoms with Gasteiger partial charge in [-0.3, -0.25) is 0 Å². The van der Waals surface area contributed by atoms with E-state index in [1.54, 1.807) is 0 Å². The van der Waals surface area contributed by atoms with Crippen LogP contribution in [0.3, 0.4) is 0 Å². The largest absolute Gasteiger partial charge is 2.00 e. The molecule has 0 aliphatic heterocycles. The molecule has 186 valence electrons. The molecule has 0 saturated carbocycles. The molecular formula is C23H45CaNO7. The van der Waals surface area contributed by atoms with Gasteiger partial charge in [0.1, 0.15) is 12.6 Å². The Kier molecular flexibility index (Phi) is 28.8. The summed E-state index contributed by atoms with van der Waals surface area (Å²) in [6.45, 7) is 8.39. The van der Waals surface area contributed by atoms with Crippen LogP contribution < -0.4 is 15.3 Å². The fourth-order valence-electron chi connectivity index (χ4n) is 3.04. The maximum Gasteiger partial charge on any atom is 2.00 e. The van der Waals surface area contributed by atoms with Crippen molar-refractivity contribution < 1.29 is 39.3 Å². The van der Waals surface area contributed by atoms with Gasteiger partial charge in [-0.15, -0.1) is 0 Å². The number of hydrogen-bond donors (Lipinski definition) is 1. The molecule has 0 saturated heterocycles. The first-order valence-corrected chi connectivity index (χ1v) is 11.3. The van der Waals surface area contributed by atoms with Gasteiger partial charge in [-0.1, -0.05) is 53.4 Å². The topological polar surface area (TPSA) is 141 Å². The maximum absolute atomic E-state index is 10.4. The number of hydrogen-bond acceptors (Lipinski definition) is 7. The first-order chi connectivity index (χ1) is 14.2. The number of carboxylic acids is 3. The zero-order valence-electron chi connectivity index (χ0n) is 21.4. The Morgan fingerprint density at radius 1 is 0.719 bits per heavy atom. The molecule has 1 N–H and O–H groups in total. The first-order valence-electron chi connectivity index (χ1n) is 11.3. The van der Waals surface area contributed by atoms with E-state index in [1.165, 1.54) is 0 Å². The molecule has 0 rings (SSSR count). The van der Waals surface area contributed by atoms with Crippen LogP contribution in [-0.2, 0) is 14.4 Å². The number of likely N-dealkylation sites (N-methyl/N-ethyl adjacent to an activating group) is 1. The molecule has 0 unspecified atom stereocenters. The summed E-state index contributed by atoms with van der Waals surface area (Å²) < 4.78 is 0.550. The Morgan fingerprint density at radius 3 is 1.16 bits per heavy atom. The molecule has 0 aromatic carbocycles. The van der Waals surface area contributed by atoms with Crippen LogP contribution in [0, 0.1) is 11.8 Å². The van der Waals surface area contributed by atoms with Gasteiger partial charge >= 0.3 is 37.7 Å². The Morgan fingerprint density at radius 2 is 1.00 bits per heavy atom. The summed E-state index contributed by atoms with van der Waals surface area (Å²) in [5.74, 6) is -3.40. The van der Waals surface area contributed by atoms with Gasteiger partial charge in [-0.25, -0.2) is 0 Å². The van der Waals surface area contributed by atoms with E-state index in [-0.39, 0.29) is 56.0 Å². The molecule has 0 heterocycles. The van der Waals surface area contributed by atoms with Gasteiger partial charge < -0.3 is 39.3 Å². The molecule has 0 aromatic rings. The number of nitrogens with zero attached hydrogens (tertiary/aromatic N) is 1. The zero-order chi connectivity index (χ0) is 25.0. The number of rotatable bonds is 14. The van der Waals surface area contributed by atoms with Gasteiger partial charge in [-0.2, -0.15) is 0 Å². The SMILES string of the molecule is CCCC(CCC)C(=O)[O-].CCCC(CCC)C(=O)[O-].C[N+](C)(C)C[C@H](O)CC(=O)[O-].[Ca+2]. The van der Waals surface area contributed by atoms with Crippen LogP contribution >= 0.6 is 0 Å². The Balaban J connectivity index is -0.000000181. The molecule has 0 fully saturated rings. The van der Waals surface area contributed by atoms with E-state index >= 15 is 0 Å². The number of aliphatic carboxylic acids is 3. The maximum atomic E-state index is 10.4. The van der Waals surface area contributed by atoms with Crippen molar-refractivity contribution >= 4 is 55.6 Å². The van der Waals surface area contributed by atoms with Crippen molar-refractivity contribution in [3.63, 3.8) is 0 Å². The molecule has 0 aliphatic carbocycles. The van der Waals surface area contributed by atoms with Crippen molar-refractivity contribution in [2.45, 2.75) is 91.6 Å². The van der Waals surface area contributed by atoms with Crippen molar-refractivity contribution in [1.29, 1.82) is 0 Å². The molecule has 0 aliphatic rings. The van der Waals surface area contributed by atoms with E-state index in [2.05, 4.69) is 0 Å². The normalized spacial score (nSPS) is 11.4. The van der Waals surface area contributed by atoms with Crippen LogP contribution in [0.15, 0.2) is 0 Å². The van der Waals surface area contributed by atoms with Gasteiger partial charge in [0.2, 0.25) is 0 Å². The van der Waals surface area contributed by atoms with Gasteiger partial charge in [0.15, 0.2) is 0 Å². The second-order valence-corrected chi connectivity index (χ2v) is 8.89. The zero-order valence-corrected chi connectivity index (χ0v) is 23.6. The predicted molar refractivity (Wildman–Crippen MR) is 121 cm³/mol. The fraction of sp³-hybridized carbons (Fsp3) is 0.870. The molecule has 0 radical (unpaired) electrons. The van der Waals surface area contributed by atoms with Crippen LogP contribution in [0.4, 0.5) is 0 Å². The fourth-order valence-corrected chi connectivity index (χ4v) is 3.04. The molecule has 32 heavy (non-hydrogen) atoms. The third-order valence-corrected chi connectivity index (χ3v) is 4.38. The van der Waals surface area contributed by atoms with E-state index in [0.29, 0.717) is 11.0 Å². The third kappa shape index (κ3) is 29.6. The number of carboxylic acid groups (broad SMARTS) is 3. The average Bonchev–Trinajstić information content (AvgIpc) is 2.60. The van der Waals surface area contributed by atoms with Crippen LogP contribution in [0.5, 0.6) is 0 Å². The van der Waals surface area contributed by atoms with Crippen LogP contribution in [-0.4, -0.2) is 99.0 Å². The van der Waals surface area contributed by atoms with Crippen molar-refractivity contribution in [3.8, 4) is 0 Å². The van der Waals surface area contributed by atoms with Crippen molar-refractivity contribution in [3.05, 3.63) is 0 Å². The van der Waals surface area contributed by atoms with Crippen LogP contribution in [0.2, 0.25) is 0 Å². The van der Waals surface area contributed by atoms with E-state index < -0.39 is 24.0 Å². The molecule has 0 amide bonds. The van der Waals surface area contributed by atoms with Gasteiger partial charge in [-0.05, 0) is 37.5 Å². The second kappa shape index (κ2) is 23.7. The molecular weight excluding hydrogens is 442 g/mol. The number of quaternary nitrogens is 1. The first kappa shape index (κ1) is 38.8. The summed E-state index contributed by atoms with van der Waals surface area (Å²) >= 11 is 0. The van der Waals surface area contributed by atoms with E-state index in [0.717, 1.165) is 51.4 Å². The Labute approximate surface area is 225 Å². The summed E-state index contributed by atoms with van der Waals surface area (Å²) in [5, 5.41) is 39.9. The number of aliphatic hydroxyl groups is 1. The van der Waals surface area contributed by atoms with E-state index in [9.17, 15) is 29.7 Å². The van der Waals surface area contributed by atoms with Crippen molar-refractivity contribution in [2.24, 2.45) is 11.8 Å². The summed E-state index contributed by atoms with van der Waals surface area (Å²) in [6, 6.07) is 0. The standard InChI is InChI=1S/2C8H16O2.C7H15NO3.Ca/c2*1-3-5-7(6-4-2)8(9)10;1-8(2,3)5-6(9)4-7(10)11;/h2*7H,3-6H2,1-2H3,(H,9,10);6,9H,4-5H2,1-3H3;/q;;;+2/p-2/t;;6-;/m..1./s1. The monoisotopic (exact) mass is 487 g/mol.